The number of fused-ring (bicyclic) bond motifs is 1. The van der Waals surface area contributed by atoms with Crippen molar-refractivity contribution in [2.45, 2.75) is 12.5 Å². The molecule has 1 atom stereocenters. The molecule has 1 aromatic heterocycles. The fraction of sp³-hybridized carbons (Fsp3) is 0.333. The number of likely N-dealkylation sites (tertiary alicyclic amines) is 1. The summed E-state index contributed by atoms with van der Waals surface area (Å²) in [6.45, 7) is 3.16. The Morgan fingerprint density at radius 1 is 1.41 bits per heavy atom. The third-order valence-electron chi connectivity index (χ3n) is 5.33. The smallest absolute Gasteiger partial charge is 0.201 e. The Morgan fingerprint density at radius 3 is 3.00 bits per heavy atom. The molecule has 2 aromatic carbocycles. The molecule has 8 nitrogen and oxygen atoms in total. The Balaban J connectivity index is 1.61. The number of H-pyrrole nitrogens is 1. The number of nitrogens with one attached hydrogen (secondary N) is 3. The summed E-state index contributed by atoms with van der Waals surface area (Å²) in [7, 11) is 1.66. The number of imidazole rings is 1. The largest absolute Gasteiger partial charge is 0.409 e. The van der Waals surface area contributed by atoms with Crippen LogP contribution in [0.2, 0.25) is 5.02 Å². The molecule has 1 fully saturated rings. The summed E-state index contributed by atoms with van der Waals surface area (Å²) >= 11 is 5.99. The van der Waals surface area contributed by atoms with Crippen molar-refractivity contribution in [3.05, 3.63) is 52.6 Å². The number of halogens is 3. The van der Waals surface area contributed by atoms with Crippen molar-refractivity contribution in [3.63, 3.8) is 0 Å². The van der Waals surface area contributed by atoms with Crippen LogP contribution < -0.4 is 10.6 Å². The lowest BCUT2D eigenvalue weighted by Gasteiger charge is -2.15. The number of hydrogen-bond donors (Lipinski definition) is 4. The molecular formula is C21H23ClF2N6O2. The van der Waals surface area contributed by atoms with Crippen molar-refractivity contribution in [2.24, 2.45) is 5.16 Å². The van der Waals surface area contributed by atoms with E-state index in [-0.39, 0.29) is 28.5 Å². The van der Waals surface area contributed by atoms with Crippen LogP contribution in [0, 0.1) is 11.6 Å². The maximum Gasteiger partial charge on any atom is 0.201 e. The highest BCUT2D eigenvalue weighted by Crippen LogP contribution is 2.27. The molecule has 4 rings (SSSR count). The van der Waals surface area contributed by atoms with E-state index in [1.54, 1.807) is 31.4 Å². The van der Waals surface area contributed by atoms with Crippen LogP contribution in [-0.2, 0) is 4.74 Å². The van der Waals surface area contributed by atoms with E-state index in [0.29, 0.717) is 23.3 Å². The van der Waals surface area contributed by atoms with Crippen molar-refractivity contribution >= 4 is 40.1 Å². The number of hydrogen-bond acceptors (Lipinski definition) is 6. The summed E-state index contributed by atoms with van der Waals surface area (Å²) in [5.41, 5.74) is 0.645. The SMILES string of the molecule is COCCN1CCC(Nc2nc3c(F)c(F)cc(C(=NO)Nc4cccc(Cl)c4)c3[nH]2)C1. The van der Waals surface area contributed by atoms with Gasteiger partial charge in [0, 0.05) is 49.1 Å². The Hall–Kier alpha value is -2.95. The van der Waals surface area contributed by atoms with Gasteiger partial charge in [0.1, 0.15) is 5.52 Å². The lowest BCUT2D eigenvalue weighted by atomic mass is 10.1. The molecule has 32 heavy (non-hydrogen) atoms. The van der Waals surface area contributed by atoms with Gasteiger partial charge in [-0.3, -0.25) is 4.90 Å². The van der Waals surface area contributed by atoms with Gasteiger partial charge in [-0.2, -0.15) is 0 Å². The van der Waals surface area contributed by atoms with Crippen LogP contribution in [0.3, 0.4) is 0 Å². The molecule has 0 amide bonds. The Bertz CT molecular complexity index is 1140. The van der Waals surface area contributed by atoms with Gasteiger partial charge in [-0.1, -0.05) is 22.8 Å². The second kappa shape index (κ2) is 9.68. The second-order valence-corrected chi connectivity index (χ2v) is 7.97. The first-order chi connectivity index (χ1) is 15.5. The van der Waals surface area contributed by atoms with Gasteiger partial charge >= 0.3 is 0 Å². The van der Waals surface area contributed by atoms with Crippen LogP contribution in [0.25, 0.3) is 11.0 Å². The van der Waals surface area contributed by atoms with Gasteiger partial charge in [0.25, 0.3) is 0 Å². The number of amidine groups is 1. The Kier molecular flexibility index (Phi) is 6.73. The molecule has 1 aliphatic heterocycles. The van der Waals surface area contributed by atoms with Crippen molar-refractivity contribution in [3.8, 4) is 0 Å². The van der Waals surface area contributed by atoms with Crippen LogP contribution in [0.15, 0.2) is 35.5 Å². The van der Waals surface area contributed by atoms with Crippen LogP contribution in [0.4, 0.5) is 20.4 Å². The molecule has 170 valence electrons. The summed E-state index contributed by atoms with van der Waals surface area (Å²) in [5, 5.41) is 19.4. The minimum Gasteiger partial charge on any atom is -0.409 e. The predicted octanol–water partition coefficient (Wildman–Crippen LogP) is 3.88. The first-order valence-electron chi connectivity index (χ1n) is 10.1. The van der Waals surface area contributed by atoms with Gasteiger partial charge in [0.05, 0.1) is 12.1 Å². The third-order valence-corrected chi connectivity index (χ3v) is 5.56. The molecule has 0 spiro atoms. The zero-order valence-corrected chi connectivity index (χ0v) is 18.1. The number of anilines is 2. The molecular weight excluding hydrogens is 442 g/mol. The molecule has 11 heteroatoms. The molecule has 1 unspecified atom stereocenters. The average Bonchev–Trinajstić information content (AvgIpc) is 3.40. The maximum absolute atomic E-state index is 14.5. The van der Waals surface area contributed by atoms with Gasteiger partial charge in [0.15, 0.2) is 17.5 Å². The van der Waals surface area contributed by atoms with E-state index in [2.05, 4.69) is 30.7 Å². The van der Waals surface area contributed by atoms with Gasteiger partial charge < -0.3 is 25.6 Å². The fourth-order valence-corrected chi connectivity index (χ4v) is 3.96. The fourth-order valence-electron chi connectivity index (χ4n) is 3.77. The molecule has 0 radical (unpaired) electrons. The quantitative estimate of drug-likeness (QED) is 0.183. The van der Waals surface area contributed by atoms with Gasteiger partial charge in [0.2, 0.25) is 5.95 Å². The summed E-state index contributed by atoms with van der Waals surface area (Å²) in [6, 6.07) is 7.75. The maximum atomic E-state index is 14.5. The first kappa shape index (κ1) is 22.3. The zero-order chi connectivity index (χ0) is 22.7. The van der Waals surface area contributed by atoms with Crippen LogP contribution in [-0.4, -0.2) is 65.3 Å². The number of aromatic amines is 1. The molecule has 4 N–H and O–H groups in total. The Labute approximate surface area is 188 Å². The highest BCUT2D eigenvalue weighted by atomic mass is 35.5. The highest BCUT2D eigenvalue weighted by molar-refractivity contribution is 6.31. The number of nitrogens with zero attached hydrogens (tertiary/aromatic N) is 3. The molecule has 0 aliphatic carbocycles. The number of aromatic nitrogens is 2. The van der Waals surface area contributed by atoms with Crippen LogP contribution in [0.5, 0.6) is 0 Å². The molecule has 0 bridgehead atoms. The minimum atomic E-state index is -1.11. The first-order valence-corrected chi connectivity index (χ1v) is 10.5. The van der Waals surface area contributed by atoms with Crippen LogP contribution in [0.1, 0.15) is 12.0 Å². The number of methoxy groups -OCH3 is 1. The number of ether oxygens (including phenoxy) is 1. The molecule has 2 heterocycles. The van der Waals surface area contributed by atoms with E-state index >= 15 is 0 Å². The minimum absolute atomic E-state index is 0.0852. The second-order valence-electron chi connectivity index (χ2n) is 7.54. The summed E-state index contributed by atoms with van der Waals surface area (Å²) < 4.78 is 34.0. The molecule has 1 saturated heterocycles. The summed E-state index contributed by atoms with van der Waals surface area (Å²) in [4.78, 5) is 9.46. The van der Waals surface area contributed by atoms with Crippen molar-refractivity contribution < 1.29 is 18.7 Å². The normalized spacial score (nSPS) is 17.2. The van der Waals surface area contributed by atoms with Crippen molar-refractivity contribution in [2.75, 3.05) is 44.0 Å². The van der Waals surface area contributed by atoms with Crippen molar-refractivity contribution in [1.29, 1.82) is 0 Å². The average molecular weight is 465 g/mol. The molecule has 1 aliphatic rings. The van der Waals surface area contributed by atoms with E-state index in [4.69, 9.17) is 16.3 Å². The Morgan fingerprint density at radius 2 is 2.25 bits per heavy atom. The number of oxime groups is 1. The van der Waals surface area contributed by atoms with E-state index in [1.165, 1.54) is 0 Å². The predicted molar refractivity (Wildman–Crippen MR) is 120 cm³/mol. The van der Waals surface area contributed by atoms with Crippen molar-refractivity contribution in [1.82, 2.24) is 14.9 Å². The lowest BCUT2D eigenvalue weighted by molar-refractivity contribution is 0.160. The third kappa shape index (κ3) is 4.77. The lowest BCUT2D eigenvalue weighted by Crippen LogP contribution is -2.29. The summed E-state index contributed by atoms with van der Waals surface area (Å²) in [6.07, 6.45) is 0.879. The van der Waals surface area contributed by atoms with Gasteiger partial charge in [-0.05, 0) is 30.7 Å². The standard InChI is InChI=1S/C21H23ClF2N6O2/c1-32-8-7-30-6-5-14(11-30)26-21-27-18-15(10-16(23)17(24)19(18)28-21)20(29-31)25-13-4-2-3-12(22)9-13/h2-4,9-10,14,31H,5-8,11H2,1H3,(H,25,29)(H2,26,27,28). The van der Waals surface area contributed by atoms with Gasteiger partial charge in [-0.15, -0.1) is 0 Å². The van der Waals surface area contributed by atoms with E-state index in [1.807, 2.05) is 0 Å². The zero-order valence-electron chi connectivity index (χ0n) is 17.3. The topological polar surface area (TPSA) is 97.8 Å². The highest BCUT2D eigenvalue weighted by Gasteiger charge is 2.25. The van der Waals surface area contributed by atoms with E-state index in [9.17, 15) is 14.0 Å². The number of rotatable bonds is 7. The van der Waals surface area contributed by atoms with Gasteiger partial charge in [-0.25, -0.2) is 13.8 Å². The van der Waals surface area contributed by atoms with Crippen LogP contribution >= 0.6 is 11.6 Å². The monoisotopic (exact) mass is 464 g/mol. The molecule has 0 saturated carbocycles. The number of benzene rings is 2. The molecule has 3 aromatic rings. The van der Waals surface area contributed by atoms with E-state index in [0.717, 1.165) is 32.1 Å². The van der Waals surface area contributed by atoms with E-state index < -0.39 is 11.6 Å². The summed E-state index contributed by atoms with van der Waals surface area (Å²) in [5.74, 6) is -1.96.